The normalized spacial score (nSPS) is 13.0. The van der Waals surface area contributed by atoms with Crippen molar-refractivity contribution in [2.24, 2.45) is 0 Å². The first kappa shape index (κ1) is 21.8. The van der Waals surface area contributed by atoms with E-state index in [0.29, 0.717) is 28.9 Å². The minimum Gasteiger partial charge on any atom is -0.376 e. The summed E-state index contributed by atoms with van der Waals surface area (Å²) in [6, 6.07) is 9.03. The molecule has 1 amide bonds. The molecule has 0 bridgehead atoms. The van der Waals surface area contributed by atoms with Crippen LogP contribution in [0.15, 0.2) is 42.6 Å². The van der Waals surface area contributed by atoms with Crippen LogP contribution in [0.4, 0.5) is 0 Å². The van der Waals surface area contributed by atoms with E-state index in [0.717, 1.165) is 23.1 Å². The predicted octanol–water partition coefficient (Wildman–Crippen LogP) is 0.497. The Labute approximate surface area is 166 Å². The largest absolute Gasteiger partial charge is 1.00 e. The van der Waals surface area contributed by atoms with Crippen molar-refractivity contribution in [2.45, 2.75) is 32.6 Å². The summed E-state index contributed by atoms with van der Waals surface area (Å²) in [5, 5.41) is 4.18. The minimum absolute atomic E-state index is 0. The van der Waals surface area contributed by atoms with Gasteiger partial charge in [-0.1, -0.05) is 37.3 Å². The molecule has 1 N–H and O–H groups in total. The molecule has 0 atom stereocenters. The number of nitrogens with one attached hydrogen (secondary N) is 1. The Bertz CT molecular complexity index is 799. The van der Waals surface area contributed by atoms with E-state index in [1.54, 1.807) is 12.1 Å². The zero-order valence-electron chi connectivity index (χ0n) is 15.4. The zero-order valence-corrected chi connectivity index (χ0v) is 15.4. The molecule has 0 spiro atoms. The van der Waals surface area contributed by atoms with Gasteiger partial charge in [0.25, 0.3) is 0 Å². The van der Waals surface area contributed by atoms with E-state index in [1.807, 2.05) is 37.2 Å². The molecule has 1 aliphatic heterocycles. The van der Waals surface area contributed by atoms with Crippen LogP contribution in [0.3, 0.4) is 0 Å². The minimum atomic E-state index is 0. The molecule has 1 heterocycles. The van der Waals surface area contributed by atoms with E-state index in [4.69, 9.17) is 0 Å². The van der Waals surface area contributed by atoms with Crippen molar-refractivity contribution in [2.75, 3.05) is 0 Å². The van der Waals surface area contributed by atoms with Crippen LogP contribution in [0.5, 0.6) is 0 Å². The summed E-state index contributed by atoms with van der Waals surface area (Å²) >= 11 is 0. The van der Waals surface area contributed by atoms with E-state index in [2.05, 4.69) is 25.7 Å². The van der Waals surface area contributed by atoms with Crippen LogP contribution in [0.1, 0.15) is 49.3 Å². The van der Waals surface area contributed by atoms with Crippen molar-refractivity contribution in [3.63, 3.8) is 0 Å². The molecule has 2 aromatic carbocycles. The molecule has 130 valence electrons. The van der Waals surface area contributed by atoms with Gasteiger partial charge in [-0.05, 0) is 5.92 Å². The number of hydrogen-bond donors (Lipinski definition) is 1. The van der Waals surface area contributed by atoms with Gasteiger partial charge in [-0.2, -0.15) is 12.1 Å². The number of amides is 1. The van der Waals surface area contributed by atoms with Gasteiger partial charge < -0.3 is 14.9 Å². The first-order valence-electron chi connectivity index (χ1n) is 8.11. The van der Waals surface area contributed by atoms with Gasteiger partial charge in [-0.3, -0.25) is 4.79 Å². The quantitative estimate of drug-likeness (QED) is 0.653. The van der Waals surface area contributed by atoms with Crippen LogP contribution in [-0.2, 0) is 14.4 Å². The first-order valence-corrected chi connectivity index (χ1v) is 8.11. The average Bonchev–Trinajstić information content (AvgIpc) is 2.60. The number of allylic oxidation sites excluding steroid dienone is 1. The maximum atomic E-state index is 10.9. The smallest absolute Gasteiger partial charge is 0.376 e. The van der Waals surface area contributed by atoms with Gasteiger partial charge in [-0.25, -0.2) is 13.0 Å². The van der Waals surface area contributed by atoms with E-state index >= 15 is 0 Å². The second kappa shape index (κ2) is 10.0. The summed E-state index contributed by atoms with van der Waals surface area (Å²) in [4.78, 5) is 32.3. The molecular weight excluding hydrogens is 321 g/mol. The molecule has 0 aromatic heterocycles. The Morgan fingerprint density at radius 2 is 1.77 bits per heavy atom. The summed E-state index contributed by atoms with van der Waals surface area (Å²) in [5.74, 6) is 0.414. The van der Waals surface area contributed by atoms with E-state index < -0.39 is 0 Å². The third-order valence-electron chi connectivity index (χ3n) is 3.98. The summed E-state index contributed by atoms with van der Waals surface area (Å²) in [7, 11) is 0. The summed E-state index contributed by atoms with van der Waals surface area (Å²) in [5.41, 5.74) is 2.70. The van der Waals surface area contributed by atoms with Crippen LogP contribution in [0.2, 0.25) is 0 Å². The fraction of sp³-hybridized carbons (Fsp3) is 0.238. The van der Waals surface area contributed by atoms with Crippen molar-refractivity contribution < 1.29 is 33.2 Å². The fourth-order valence-electron chi connectivity index (χ4n) is 2.77. The standard InChI is InChI=1S/C15H12O2.C6H8NO.Li/c1-10(2)13-7-6-12(9-17)15-11(8-16)4-3-5-14(13)15;1-5-3-2-4-6(8)7-5;/h3-7,10H,1-2H3;3H,1-2,4H2,(H,7,8);/q-2;-1;+1. The van der Waals surface area contributed by atoms with Gasteiger partial charge in [-0.15, -0.1) is 34.3 Å². The number of piperidine rings is 1. The van der Waals surface area contributed by atoms with E-state index in [-0.39, 0.29) is 24.8 Å². The van der Waals surface area contributed by atoms with Gasteiger partial charge in [0.05, 0.1) is 12.6 Å². The van der Waals surface area contributed by atoms with Crippen molar-refractivity contribution in [3.05, 3.63) is 65.7 Å². The second-order valence-electron chi connectivity index (χ2n) is 6.11. The van der Waals surface area contributed by atoms with Gasteiger partial charge in [0.1, 0.15) is 0 Å². The molecule has 3 rings (SSSR count). The molecule has 5 heteroatoms. The molecule has 26 heavy (non-hydrogen) atoms. The Balaban J connectivity index is 0.000000318. The molecule has 1 saturated heterocycles. The number of rotatable bonds is 3. The average molecular weight is 341 g/mol. The Kier molecular flexibility index (Phi) is 8.38. The molecule has 1 aliphatic rings. The monoisotopic (exact) mass is 341 g/mol. The summed E-state index contributed by atoms with van der Waals surface area (Å²) in [6.07, 6.45) is 7.13. The first-order chi connectivity index (χ1) is 12.0. The van der Waals surface area contributed by atoms with Crippen LogP contribution in [0.25, 0.3) is 10.8 Å². The topological polar surface area (TPSA) is 63.2 Å². The van der Waals surface area contributed by atoms with Gasteiger partial charge in [0.2, 0.25) is 5.91 Å². The second-order valence-corrected chi connectivity index (χ2v) is 6.11. The Morgan fingerprint density at radius 1 is 1.12 bits per heavy atom. The van der Waals surface area contributed by atoms with Gasteiger partial charge >= 0.3 is 18.9 Å². The van der Waals surface area contributed by atoms with Crippen LogP contribution in [-0.4, -0.2) is 18.5 Å². The SMILES string of the molecule is C=C1[CH-]CCC(=O)N1.CC(C)c1ccc([C-]=O)c2c([C-]=O)cccc12.[Li+]. The number of carbonyl (C=O) groups is 1. The van der Waals surface area contributed by atoms with Crippen molar-refractivity contribution >= 4 is 29.3 Å². The fourth-order valence-corrected chi connectivity index (χ4v) is 2.77. The maximum absolute atomic E-state index is 10.9. The zero-order chi connectivity index (χ0) is 18.4. The van der Waals surface area contributed by atoms with Crippen LogP contribution >= 0.6 is 0 Å². The molecule has 1 fully saturated rings. The Morgan fingerprint density at radius 3 is 2.27 bits per heavy atom. The van der Waals surface area contributed by atoms with Gasteiger partial charge in [0.15, 0.2) is 0 Å². The molecule has 0 aliphatic carbocycles. The van der Waals surface area contributed by atoms with Gasteiger partial charge in [0, 0.05) is 6.42 Å². The number of carbonyl (C=O) groups excluding carboxylic acids is 3. The number of benzene rings is 2. The van der Waals surface area contributed by atoms with Crippen molar-refractivity contribution in [1.82, 2.24) is 5.32 Å². The Hall–Kier alpha value is -2.28. The molecule has 0 radical (unpaired) electrons. The number of fused-ring (bicyclic) bond motifs is 1. The van der Waals surface area contributed by atoms with Crippen molar-refractivity contribution in [1.29, 1.82) is 0 Å². The molecule has 4 nitrogen and oxygen atoms in total. The molecular formula is C21H20LiNO3-2. The third kappa shape index (κ3) is 5.11. The van der Waals surface area contributed by atoms with E-state index in [9.17, 15) is 14.4 Å². The van der Waals surface area contributed by atoms with Crippen LogP contribution in [0, 0.1) is 6.42 Å². The number of hydrogen-bond acceptors (Lipinski definition) is 3. The van der Waals surface area contributed by atoms with E-state index in [1.165, 1.54) is 0 Å². The predicted molar refractivity (Wildman–Crippen MR) is 98.4 cm³/mol. The summed E-state index contributed by atoms with van der Waals surface area (Å²) < 4.78 is 0. The van der Waals surface area contributed by atoms with Crippen LogP contribution < -0.4 is 24.2 Å². The van der Waals surface area contributed by atoms with Crippen molar-refractivity contribution in [3.8, 4) is 0 Å². The summed E-state index contributed by atoms with van der Waals surface area (Å²) in [6.45, 7) is 7.74. The molecule has 2 aromatic rings. The maximum Gasteiger partial charge on any atom is 1.00 e. The molecule has 0 unspecified atom stereocenters. The molecule has 0 saturated carbocycles. The third-order valence-corrected chi connectivity index (χ3v) is 3.98.